The maximum Gasteiger partial charge on any atom is 0.329 e. The SMILES string of the molecule is COc1ccc(/C=N\Nc2nc3c(c(=O)[nH]c(=O)n3C)n2C[C@@H](O)COC(C)C)cc1OC. The number of rotatable bonds is 10. The Morgan fingerprint density at radius 1 is 1.24 bits per heavy atom. The van der Waals surface area contributed by atoms with Crippen LogP contribution in [-0.2, 0) is 18.3 Å². The molecule has 1 aromatic carbocycles. The van der Waals surface area contributed by atoms with Crippen LogP contribution in [0.15, 0.2) is 32.9 Å². The van der Waals surface area contributed by atoms with Gasteiger partial charge in [-0.25, -0.2) is 10.2 Å². The molecule has 178 valence electrons. The first-order valence-corrected chi connectivity index (χ1v) is 10.3. The fourth-order valence-corrected chi connectivity index (χ4v) is 3.16. The van der Waals surface area contributed by atoms with Crippen molar-refractivity contribution in [3.05, 3.63) is 44.6 Å². The minimum Gasteiger partial charge on any atom is -0.493 e. The van der Waals surface area contributed by atoms with Gasteiger partial charge in [0.15, 0.2) is 22.7 Å². The summed E-state index contributed by atoms with van der Waals surface area (Å²) in [5.74, 6) is 1.31. The molecule has 0 aliphatic carbocycles. The summed E-state index contributed by atoms with van der Waals surface area (Å²) >= 11 is 0. The molecule has 3 rings (SSSR count). The van der Waals surface area contributed by atoms with Crippen molar-refractivity contribution in [3.8, 4) is 11.5 Å². The van der Waals surface area contributed by atoms with E-state index in [1.165, 1.54) is 29.5 Å². The molecule has 2 aromatic heterocycles. The minimum absolute atomic E-state index is 0.00127. The smallest absolute Gasteiger partial charge is 0.329 e. The highest BCUT2D eigenvalue weighted by Gasteiger charge is 2.20. The number of benzene rings is 1. The molecule has 0 saturated heterocycles. The number of nitrogens with zero attached hydrogens (tertiary/aromatic N) is 4. The number of hydrogen-bond donors (Lipinski definition) is 3. The number of hydrogen-bond acceptors (Lipinski definition) is 9. The molecule has 0 aliphatic rings. The number of H-pyrrole nitrogens is 1. The molecule has 12 nitrogen and oxygen atoms in total. The molecule has 3 N–H and O–H groups in total. The predicted molar refractivity (Wildman–Crippen MR) is 123 cm³/mol. The van der Waals surface area contributed by atoms with Crippen molar-refractivity contribution in [3.63, 3.8) is 0 Å². The molecular formula is C21H28N6O6. The second-order valence-corrected chi connectivity index (χ2v) is 7.56. The van der Waals surface area contributed by atoms with E-state index in [0.29, 0.717) is 11.5 Å². The number of aromatic nitrogens is 4. The molecule has 0 radical (unpaired) electrons. The Hall–Kier alpha value is -3.64. The quantitative estimate of drug-likeness (QED) is 0.296. The van der Waals surface area contributed by atoms with Gasteiger partial charge in [-0.2, -0.15) is 10.1 Å². The summed E-state index contributed by atoms with van der Waals surface area (Å²) in [5, 5.41) is 14.6. The molecule has 3 aromatic rings. The average molecular weight is 460 g/mol. The van der Waals surface area contributed by atoms with Crippen molar-refractivity contribution in [1.82, 2.24) is 19.1 Å². The first-order valence-electron chi connectivity index (χ1n) is 10.3. The van der Waals surface area contributed by atoms with Crippen LogP contribution in [0.25, 0.3) is 11.2 Å². The molecule has 0 bridgehead atoms. The molecule has 0 aliphatic heterocycles. The molecule has 0 unspecified atom stereocenters. The first kappa shape index (κ1) is 24.0. The van der Waals surface area contributed by atoms with E-state index in [9.17, 15) is 14.7 Å². The first-order chi connectivity index (χ1) is 15.7. The summed E-state index contributed by atoms with van der Waals surface area (Å²) in [6.45, 7) is 3.78. The Morgan fingerprint density at radius 2 is 1.97 bits per heavy atom. The van der Waals surface area contributed by atoms with Crippen molar-refractivity contribution in [2.45, 2.75) is 32.6 Å². The Labute approximate surface area is 189 Å². The largest absolute Gasteiger partial charge is 0.493 e. The number of methoxy groups -OCH3 is 2. The number of ether oxygens (including phenoxy) is 3. The molecule has 0 spiro atoms. The molecule has 0 saturated carbocycles. The lowest BCUT2D eigenvalue weighted by atomic mass is 10.2. The van der Waals surface area contributed by atoms with Crippen molar-refractivity contribution in [1.29, 1.82) is 0 Å². The highest BCUT2D eigenvalue weighted by molar-refractivity contribution is 5.81. The van der Waals surface area contributed by atoms with Crippen molar-refractivity contribution in [2.24, 2.45) is 12.1 Å². The zero-order chi connectivity index (χ0) is 24.1. The van der Waals surface area contributed by atoms with Crippen LogP contribution in [0, 0.1) is 0 Å². The lowest BCUT2D eigenvalue weighted by Crippen LogP contribution is -2.30. The zero-order valence-electron chi connectivity index (χ0n) is 19.2. The molecule has 1 atom stereocenters. The maximum absolute atomic E-state index is 12.5. The Kier molecular flexibility index (Phi) is 7.51. The molecular weight excluding hydrogens is 432 g/mol. The monoisotopic (exact) mass is 460 g/mol. The second kappa shape index (κ2) is 10.3. The Bertz CT molecular complexity index is 1260. The minimum atomic E-state index is -0.920. The van der Waals surface area contributed by atoms with E-state index in [2.05, 4.69) is 20.5 Å². The highest BCUT2D eigenvalue weighted by atomic mass is 16.5. The van der Waals surface area contributed by atoms with Gasteiger partial charge in [0.2, 0.25) is 5.95 Å². The van der Waals surface area contributed by atoms with Crippen LogP contribution in [0.5, 0.6) is 11.5 Å². The third-order valence-corrected chi connectivity index (χ3v) is 4.81. The number of imidazole rings is 1. The van der Waals surface area contributed by atoms with Gasteiger partial charge in [-0.15, -0.1) is 0 Å². The van der Waals surface area contributed by atoms with Crippen LogP contribution in [0.4, 0.5) is 5.95 Å². The third-order valence-electron chi connectivity index (χ3n) is 4.81. The average Bonchev–Trinajstić information content (AvgIpc) is 3.14. The van der Waals surface area contributed by atoms with E-state index in [0.717, 1.165) is 5.56 Å². The summed E-state index contributed by atoms with van der Waals surface area (Å²) in [7, 11) is 4.58. The summed E-state index contributed by atoms with van der Waals surface area (Å²) in [6, 6.07) is 5.28. The molecule has 0 amide bonds. The summed E-state index contributed by atoms with van der Waals surface area (Å²) in [4.78, 5) is 31.1. The standard InChI is InChI=1S/C21H28N6O6/c1-12(2)33-11-14(28)10-27-17-18(26(3)21(30)24-19(17)29)23-20(27)25-22-9-13-6-7-15(31-4)16(8-13)32-5/h6-9,12,14,28H,10-11H2,1-5H3,(H,23,25)(H,24,29,30)/b22-9-/t14-/m1/s1. The van der Waals surface area contributed by atoms with Crippen LogP contribution in [0.2, 0.25) is 0 Å². The molecule has 0 fully saturated rings. The summed E-state index contributed by atoms with van der Waals surface area (Å²) < 4.78 is 18.7. The normalized spacial score (nSPS) is 12.6. The van der Waals surface area contributed by atoms with Gasteiger partial charge in [0.05, 0.1) is 45.8 Å². The van der Waals surface area contributed by atoms with Crippen LogP contribution < -0.4 is 26.1 Å². The number of hydrazone groups is 1. The molecule has 2 heterocycles. The summed E-state index contributed by atoms with van der Waals surface area (Å²) in [5.41, 5.74) is 2.59. The van der Waals surface area contributed by atoms with Gasteiger partial charge in [0, 0.05) is 7.05 Å². The van der Waals surface area contributed by atoms with Crippen LogP contribution in [0.1, 0.15) is 19.4 Å². The van der Waals surface area contributed by atoms with Crippen molar-refractivity contribution < 1.29 is 19.3 Å². The number of aryl methyl sites for hydroxylation is 1. The van der Waals surface area contributed by atoms with Gasteiger partial charge < -0.3 is 23.9 Å². The van der Waals surface area contributed by atoms with E-state index >= 15 is 0 Å². The Balaban J connectivity index is 1.95. The van der Waals surface area contributed by atoms with E-state index in [-0.39, 0.29) is 36.4 Å². The number of nitrogens with one attached hydrogen (secondary N) is 2. The molecule has 12 heteroatoms. The topological polar surface area (TPSA) is 145 Å². The second-order valence-electron chi connectivity index (χ2n) is 7.56. The van der Waals surface area contributed by atoms with Gasteiger partial charge in [-0.3, -0.25) is 14.3 Å². The number of anilines is 1. The maximum atomic E-state index is 12.5. The number of fused-ring (bicyclic) bond motifs is 1. The van der Waals surface area contributed by atoms with Crippen molar-refractivity contribution >= 4 is 23.3 Å². The van der Waals surface area contributed by atoms with Crippen LogP contribution >= 0.6 is 0 Å². The summed E-state index contributed by atoms with van der Waals surface area (Å²) in [6.07, 6.45) is 0.552. The highest BCUT2D eigenvalue weighted by Crippen LogP contribution is 2.27. The number of aliphatic hydroxyl groups is 1. The van der Waals surface area contributed by atoms with E-state index < -0.39 is 17.4 Å². The van der Waals surface area contributed by atoms with E-state index in [1.54, 1.807) is 25.3 Å². The predicted octanol–water partition coefficient (Wildman–Crippen LogP) is 0.672. The zero-order valence-corrected chi connectivity index (χ0v) is 19.2. The van der Waals surface area contributed by atoms with Gasteiger partial charge in [0.25, 0.3) is 5.56 Å². The van der Waals surface area contributed by atoms with Gasteiger partial charge >= 0.3 is 5.69 Å². The molecule has 33 heavy (non-hydrogen) atoms. The lowest BCUT2D eigenvalue weighted by Gasteiger charge is -2.15. The van der Waals surface area contributed by atoms with Gasteiger partial charge in [-0.05, 0) is 37.6 Å². The van der Waals surface area contributed by atoms with Gasteiger partial charge in [0.1, 0.15) is 0 Å². The number of aliphatic hydroxyl groups excluding tert-OH is 1. The van der Waals surface area contributed by atoms with Crippen LogP contribution in [-0.4, -0.2) is 63.5 Å². The van der Waals surface area contributed by atoms with E-state index in [4.69, 9.17) is 14.2 Å². The van der Waals surface area contributed by atoms with Crippen LogP contribution in [0.3, 0.4) is 0 Å². The third kappa shape index (κ3) is 5.41. The fourth-order valence-electron chi connectivity index (χ4n) is 3.16. The number of aromatic amines is 1. The van der Waals surface area contributed by atoms with Crippen molar-refractivity contribution in [2.75, 3.05) is 26.3 Å². The Morgan fingerprint density at radius 3 is 2.64 bits per heavy atom. The lowest BCUT2D eigenvalue weighted by molar-refractivity contribution is -0.000105. The van der Waals surface area contributed by atoms with Gasteiger partial charge in [-0.1, -0.05) is 0 Å². The van der Waals surface area contributed by atoms with E-state index in [1.807, 2.05) is 13.8 Å². The fraction of sp³-hybridized carbons (Fsp3) is 0.429.